The van der Waals surface area contributed by atoms with Gasteiger partial charge in [0.1, 0.15) is 0 Å². The van der Waals surface area contributed by atoms with Gasteiger partial charge in [0.2, 0.25) is 0 Å². The van der Waals surface area contributed by atoms with E-state index in [0.717, 1.165) is 11.0 Å². The van der Waals surface area contributed by atoms with Crippen molar-refractivity contribution in [3.8, 4) is 0 Å². The van der Waals surface area contributed by atoms with Gasteiger partial charge in [-0.15, -0.1) is 0 Å². The lowest BCUT2D eigenvalue weighted by molar-refractivity contribution is 0.191. The third-order valence-electron chi connectivity index (χ3n) is 1.93. The molecule has 0 spiro atoms. The summed E-state index contributed by atoms with van der Waals surface area (Å²) in [6.07, 6.45) is 0.573. The number of para-hydroxylation sites is 2. The van der Waals surface area contributed by atoms with Crippen LogP contribution >= 0.6 is 0 Å². The first-order valence-corrected chi connectivity index (χ1v) is 4.14. The lowest BCUT2D eigenvalue weighted by atomic mass is 10.3. The Morgan fingerprint density at radius 3 is 3.07 bits per heavy atom. The number of nitrogens with zero attached hydrogens (tertiary/aromatic N) is 2. The first-order chi connectivity index (χ1) is 6.77. The molecule has 0 atom stereocenters. The minimum atomic E-state index is -1.04. The predicted octanol–water partition coefficient (Wildman–Crippen LogP) is 1.26. The van der Waals surface area contributed by atoms with E-state index in [-0.39, 0.29) is 6.67 Å². The number of hydrogen-bond donors (Lipinski definition) is 2. The molecule has 0 fully saturated rings. The average Bonchev–Trinajstić information content (AvgIpc) is 2.58. The van der Waals surface area contributed by atoms with Crippen LogP contribution in [-0.4, -0.2) is 20.8 Å². The van der Waals surface area contributed by atoms with Crippen LogP contribution in [0.1, 0.15) is 0 Å². The molecule has 0 aliphatic carbocycles. The number of carboxylic acid groups (broad SMARTS) is 1. The Bertz CT molecular complexity index is 464. The van der Waals surface area contributed by atoms with Crippen LogP contribution in [-0.2, 0) is 6.67 Å². The van der Waals surface area contributed by atoms with Gasteiger partial charge in [0.05, 0.1) is 24.0 Å². The van der Waals surface area contributed by atoms with Gasteiger partial charge in [-0.1, -0.05) is 12.1 Å². The fourth-order valence-corrected chi connectivity index (χ4v) is 1.29. The molecule has 0 aliphatic rings. The summed E-state index contributed by atoms with van der Waals surface area (Å²) in [6, 6.07) is 7.56. The van der Waals surface area contributed by atoms with Crippen LogP contribution in [0.2, 0.25) is 0 Å². The molecule has 5 heteroatoms. The first-order valence-electron chi connectivity index (χ1n) is 4.14. The van der Waals surface area contributed by atoms with E-state index < -0.39 is 6.09 Å². The average molecular weight is 191 g/mol. The summed E-state index contributed by atoms with van der Waals surface area (Å²) in [6.45, 7) is 0.218. The van der Waals surface area contributed by atoms with Gasteiger partial charge in [0.25, 0.3) is 0 Å². The van der Waals surface area contributed by atoms with Crippen molar-refractivity contribution in [1.82, 2.24) is 14.9 Å². The van der Waals surface area contributed by atoms with Crippen LogP contribution in [0.15, 0.2) is 30.6 Å². The molecule has 2 N–H and O–H groups in total. The molecule has 0 aliphatic heterocycles. The van der Waals surface area contributed by atoms with Gasteiger partial charge >= 0.3 is 6.09 Å². The molecule has 0 saturated carbocycles. The molecule has 0 bridgehead atoms. The Labute approximate surface area is 80.0 Å². The molecule has 14 heavy (non-hydrogen) atoms. The summed E-state index contributed by atoms with van der Waals surface area (Å²) in [5, 5.41) is 10.7. The van der Waals surface area contributed by atoms with Gasteiger partial charge in [0.15, 0.2) is 0 Å². The zero-order chi connectivity index (χ0) is 9.97. The summed E-state index contributed by atoms with van der Waals surface area (Å²) in [4.78, 5) is 14.4. The number of fused-ring (bicyclic) bond motifs is 1. The lowest BCUT2D eigenvalue weighted by Gasteiger charge is -2.02. The minimum absolute atomic E-state index is 0.218. The quantitative estimate of drug-likeness (QED) is 0.750. The summed E-state index contributed by atoms with van der Waals surface area (Å²) in [5.41, 5.74) is 1.78. The molecule has 2 aromatic rings. The van der Waals surface area contributed by atoms with E-state index in [4.69, 9.17) is 5.11 Å². The van der Waals surface area contributed by atoms with E-state index in [0.29, 0.717) is 0 Å². The molecule has 1 aromatic carbocycles. The molecular formula is C9H9N3O2. The van der Waals surface area contributed by atoms with Gasteiger partial charge in [-0.05, 0) is 12.1 Å². The lowest BCUT2D eigenvalue weighted by Crippen LogP contribution is -2.23. The summed E-state index contributed by atoms with van der Waals surface area (Å²) >= 11 is 0. The van der Waals surface area contributed by atoms with Crippen LogP contribution in [0.25, 0.3) is 11.0 Å². The Balaban J connectivity index is 2.29. The van der Waals surface area contributed by atoms with Crippen LogP contribution in [0.4, 0.5) is 4.79 Å². The molecule has 1 aromatic heterocycles. The summed E-state index contributed by atoms with van der Waals surface area (Å²) < 4.78 is 1.74. The number of benzene rings is 1. The Hall–Kier alpha value is -2.04. The van der Waals surface area contributed by atoms with E-state index in [1.807, 2.05) is 24.3 Å². The van der Waals surface area contributed by atoms with Gasteiger partial charge in [-0.25, -0.2) is 9.78 Å². The van der Waals surface area contributed by atoms with Crippen molar-refractivity contribution in [3.05, 3.63) is 30.6 Å². The van der Waals surface area contributed by atoms with Gasteiger partial charge in [-0.2, -0.15) is 0 Å². The number of amides is 1. The van der Waals surface area contributed by atoms with Gasteiger partial charge < -0.3 is 15.0 Å². The molecule has 5 nitrogen and oxygen atoms in total. The second kappa shape index (κ2) is 3.37. The maximum Gasteiger partial charge on any atom is 0.406 e. The van der Waals surface area contributed by atoms with Gasteiger partial charge in [0, 0.05) is 0 Å². The summed E-state index contributed by atoms with van der Waals surface area (Å²) in [5.74, 6) is 0. The number of carbonyl (C=O) groups is 1. The fraction of sp³-hybridized carbons (Fsp3) is 0.111. The number of aromatic nitrogens is 2. The predicted molar refractivity (Wildman–Crippen MR) is 50.9 cm³/mol. The molecule has 0 saturated heterocycles. The summed E-state index contributed by atoms with van der Waals surface area (Å²) in [7, 11) is 0. The van der Waals surface area contributed by atoms with Crippen molar-refractivity contribution in [2.24, 2.45) is 0 Å². The Morgan fingerprint density at radius 2 is 2.29 bits per heavy atom. The van der Waals surface area contributed by atoms with E-state index in [9.17, 15) is 4.79 Å². The molecular weight excluding hydrogens is 182 g/mol. The third kappa shape index (κ3) is 1.52. The highest BCUT2D eigenvalue weighted by molar-refractivity contribution is 5.75. The SMILES string of the molecule is O=C(O)NCn1cnc2ccccc21. The van der Waals surface area contributed by atoms with Crippen molar-refractivity contribution in [2.75, 3.05) is 0 Å². The van der Waals surface area contributed by atoms with E-state index >= 15 is 0 Å². The fourth-order valence-electron chi connectivity index (χ4n) is 1.29. The van der Waals surface area contributed by atoms with Crippen LogP contribution in [0.3, 0.4) is 0 Å². The Morgan fingerprint density at radius 1 is 1.50 bits per heavy atom. The monoisotopic (exact) mass is 191 g/mol. The maximum absolute atomic E-state index is 10.3. The van der Waals surface area contributed by atoms with Crippen molar-refractivity contribution < 1.29 is 9.90 Å². The smallest absolute Gasteiger partial charge is 0.406 e. The molecule has 0 unspecified atom stereocenters. The topological polar surface area (TPSA) is 67.2 Å². The molecule has 1 amide bonds. The van der Waals surface area contributed by atoms with E-state index in [1.54, 1.807) is 10.9 Å². The van der Waals surface area contributed by atoms with Crippen molar-refractivity contribution in [2.45, 2.75) is 6.67 Å². The van der Waals surface area contributed by atoms with Crippen LogP contribution in [0.5, 0.6) is 0 Å². The molecule has 2 rings (SSSR count). The first kappa shape index (κ1) is 8.55. The molecule has 1 heterocycles. The largest absolute Gasteiger partial charge is 0.465 e. The number of rotatable bonds is 2. The number of nitrogens with one attached hydrogen (secondary N) is 1. The number of hydrogen-bond acceptors (Lipinski definition) is 2. The second-order valence-corrected chi connectivity index (χ2v) is 2.84. The van der Waals surface area contributed by atoms with E-state index in [2.05, 4.69) is 10.3 Å². The molecule has 0 radical (unpaired) electrons. The molecule has 72 valence electrons. The maximum atomic E-state index is 10.3. The van der Waals surface area contributed by atoms with Crippen LogP contribution in [0, 0.1) is 0 Å². The normalized spacial score (nSPS) is 10.3. The highest BCUT2D eigenvalue weighted by Gasteiger charge is 2.01. The van der Waals surface area contributed by atoms with Crippen molar-refractivity contribution >= 4 is 17.1 Å². The van der Waals surface area contributed by atoms with Gasteiger partial charge in [-0.3, -0.25) is 0 Å². The highest BCUT2D eigenvalue weighted by Crippen LogP contribution is 2.10. The van der Waals surface area contributed by atoms with Crippen molar-refractivity contribution in [1.29, 1.82) is 0 Å². The van der Waals surface area contributed by atoms with Crippen molar-refractivity contribution in [3.63, 3.8) is 0 Å². The zero-order valence-corrected chi connectivity index (χ0v) is 7.34. The highest BCUT2D eigenvalue weighted by atomic mass is 16.4. The van der Waals surface area contributed by atoms with E-state index in [1.165, 1.54) is 0 Å². The third-order valence-corrected chi connectivity index (χ3v) is 1.93. The minimum Gasteiger partial charge on any atom is -0.465 e. The zero-order valence-electron chi connectivity index (χ0n) is 7.34. The van der Waals surface area contributed by atoms with Crippen LogP contribution < -0.4 is 5.32 Å². The second-order valence-electron chi connectivity index (χ2n) is 2.84. The Kier molecular flexibility index (Phi) is 2.06. The standard InChI is InChI=1S/C9H9N3O2/c13-9(14)11-6-12-5-10-7-3-1-2-4-8(7)12/h1-5,11H,6H2,(H,13,14). The number of imidazole rings is 1.